The minimum Gasteiger partial charge on any atom is -0.507 e. The van der Waals surface area contributed by atoms with Gasteiger partial charge in [-0.05, 0) is 50.2 Å². The van der Waals surface area contributed by atoms with Crippen LogP contribution in [-0.4, -0.2) is 45.6 Å². The van der Waals surface area contributed by atoms with Crippen molar-refractivity contribution >= 4 is 40.5 Å². The molecule has 0 aliphatic rings. The number of phenols is 1. The Bertz CT molecular complexity index is 1450. The van der Waals surface area contributed by atoms with E-state index < -0.39 is 0 Å². The summed E-state index contributed by atoms with van der Waals surface area (Å²) in [5, 5.41) is 15.2. The lowest BCUT2D eigenvalue weighted by Gasteiger charge is -2.21. The van der Waals surface area contributed by atoms with Gasteiger partial charge in [0.1, 0.15) is 5.75 Å². The lowest BCUT2D eigenvalue weighted by Crippen LogP contribution is -2.24. The second-order valence-electron chi connectivity index (χ2n) is 7.88. The average Bonchev–Trinajstić information content (AvgIpc) is 2.90. The Morgan fingerprint density at radius 1 is 1.08 bits per heavy atom. The summed E-state index contributed by atoms with van der Waals surface area (Å²) in [5.74, 6) is -0.279. The number of phenolic OH excluding ortho intramolecular Hbond substituents is 1. The molecule has 0 radical (unpaired) electrons. The van der Waals surface area contributed by atoms with Crippen LogP contribution >= 0.6 is 11.8 Å². The first-order valence-electron chi connectivity index (χ1n) is 11.6. The summed E-state index contributed by atoms with van der Waals surface area (Å²) >= 11 is 1.15. The van der Waals surface area contributed by atoms with Crippen LogP contribution in [0.1, 0.15) is 19.4 Å². The van der Waals surface area contributed by atoms with Crippen molar-refractivity contribution in [2.45, 2.75) is 19.0 Å². The van der Waals surface area contributed by atoms with Gasteiger partial charge in [0.15, 0.2) is 5.16 Å². The third-order valence-electron chi connectivity index (χ3n) is 5.63. The van der Waals surface area contributed by atoms with E-state index in [2.05, 4.69) is 34.3 Å². The Labute approximate surface area is 213 Å². The van der Waals surface area contributed by atoms with E-state index in [9.17, 15) is 14.7 Å². The van der Waals surface area contributed by atoms with Crippen LogP contribution in [-0.2, 0) is 4.79 Å². The maximum atomic E-state index is 13.2. The van der Waals surface area contributed by atoms with E-state index in [1.807, 2.05) is 42.5 Å². The van der Waals surface area contributed by atoms with Crippen LogP contribution in [0, 0.1) is 0 Å². The molecule has 0 saturated heterocycles. The van der Waals surface area contributed by atoms with Crippen LogP contribution in [0.15, 0.2) is 87.8 Å². The largest absolute Gasteiger partial charge is 0.507 e. The van der Waals surface area contributed by atoms with Gasteiger partial charge in [-0.2, -0.15) is 5.10 Å². The standard InChI is InChI=1S/C27H27N5O3S/c1-3-31(4-2)21-15-14-19(24(33)16-21)17-28-30-25(34)18-36-27-29-23-13-9-8-12-22(23)26(35)32(27)20-10-6-5-7-11-20/h5-17,33H,3-4,18H2,1-2H3,(H,30,34). The predicted octanol–water partition coefficient (Wildman–Crippen LogP) is 4.18. The molecule has 3 aromatic carbocycles. The van der Waals surface area contributed by atoms with Gasteiger partial charge in [-0.15, -0.1) is 0 Å². The highest BCUT2D eigenvalue weighted by atomic mass is 32.2. The Kier molecular flexibility index (Phi) is 8.02. The Hall–Kier alpha value is -4.11. The lowest BCUT2D eigenvalue weighted by atomic mass is 10.2. The van der Waals surface area contributed by atoms with E-state index >= 15 is 0 Å². The fourth-order valence-corrected chi connectivity index (χ4v) is 4.58. The van der Waals surface area contributed by atoms with Crippen LogP contribution in [0.25, 0.3) is 16.6 Å². The molecular weight excluding hydrogens is 474 g/mol. The monoisotopic (exact) mass is 501 g/mol. The van der Waals surface area contributed by atoms with Crippen LogP contribution in [0.5, 0.6) is 5.75 Å². The number of amides is 1. The van der Waals surface area contributed by atoms with Gasteiger partial charge >= 0.3 is 0 Å². The van der Waals surface area contributed by atoms with Gasteiger partial charge in [-0.3, -0.25) is 14.2 Å². The molecule has 0 fully saturated rings. The minimum atomic E-state index is -0.363. The van der Waals surface area contributed by atoms with E-state index in [1.165, 1.54) is 10.8 Å². The predicted molar refractivity (Wildman–Crippen MR) is 145 cm³/mol. The Balaban J connectivity index is 1.48. The van der Waals surface area contributed by atoms with E-state index in [0.717, 1.165) is 30.5 Å². The molecule has 0 aliphatic heterocycles. The quantitative estimate of drug-likeness (QED) is 0.154. The number of nitrogens with zero attached hydrogens (tertiary/aromatic N) is 4. The third kappa shape index (κ3) is 5.58. The molecule has 0 bridgehead atoms. The summed E-state index contributed by atoms with van der Waals surface area (Å²) in [6.07, 6.45) is 1.40. The van der Waals surface area contributed by atoms with Gasteiger partial charge in [-0.25, -0.2) is 10.4 Å². The first kappa shape index (κ1) is 25.0. The zero-order valence-electron chi connectivity index (χ0n) is 20.1. The summed E-state index contributed by atoms with van der Waals surface area (Å²) in [6.45, 7) is 5.77. The summed E-state index contributed by atoms with van der Waals surface area (Å²) < 4.78 is 1.51. The van der Waals surface area contributed by atoms with E-state index in [0.29, 0.717) is 27.3 Å². The van der Waals surface area contributed by atoms with Crippen molar-refractivity contribution in [1.82, 2.24) is 15.0 Å². The van der Waals surface area contributed by atoms with E-state index in [-0.39, 0.29) is 23.0 Å². The second kappa shape index (κ2) is 11.5. The van der Waals surface area contributed by atoms with Gasteiger partial charge in [0.25, 0.3) is 11.5 Å². The molecule has 184 valence electrons. The molecule has 0 unspecified atom stereocenters. The molecule has 0 spiro atoms. The fraction of sp³-hybridized carbons (Fsp3) is 0.185. The number of carbonyl (C=O) groups excluding carboxylic acids is 1. The van der Waals surface area contributed by atoms with Crippen LogP contribution < -0.4 is 15.9 Å². The number of aromatic nitrogens is 2. The van der Waals surface area contributed by atoms with Gasteiger partial charge in [0.2, 0.25) is 0 Å². The zero-order valence-corrected chi connectivity index (χ0v) is 20.9. The molecule has 1 heterocycles. The number of rotatable bonds is 9. The third-order valence-corrected chi connectivity index (χ3v) is 6.57. The molecule has 0 saturated carbocycles. The van der Waals surface area contributed by atoms with Crippen molar-refractivity contribution < 1.29 is 9.90 Å². The number of fused-ring (bicyclic) bond motifs is 1. The molecule has 36 heavy (non-hydrogen) atoms. The number of para-hydroxylation sites is 2. The van der Waals surface area contributed by atoms with Crippen LogP contribution in [0.3, 0.4) is 0 Å². The van der Waals surface area contributed by atoms with Crippen molar-refractivity contribution in [2.24, 2.45) is 5.10 Å². The highest BCUT2D eigenvalue weighted by Crippen LogP contribution is 2.24. The molecule has 2 N–H and O–H groups in total. The molecule has 0 atom stereocenters. The molecule has 0 aliphatic carbocycles. The smallest absolute Gasteiger partial charge is 0.266 e. The van der Waals surface area contributed by atoms with Gasteiger partial charge < -0.3 is 10.0 Å². The number of anilines is 1. The maximum Gasteiger partial charge on any atom is 0.266 e. The molecule has 9 heteroatoms. The average molecular weight is 502 g/mol. The lowest BCUT2D eigenvalue weighted by molar-refractivity contribution is -0.118. The van der Waals surface area contributed by atoms with Crippen molar-refractivity contribution in [3.8, 4) is 11.4 Å². The number of hydrazone groups is 1. The van der Waals surface area contributed by atoms with Gasteiger partial charge in [0.05, 0.1) is 28.6 Å². The van der Waals surface area contributed by atoms with Crippen molar-refractivity contribution in [3.05, 3.63) is 88.7 Å². The van der Waals surface area contributed by atoms with Gasteiger partial charge in [0, 0.05) is 30.4 Å². The summed E-state index contributed by atoms with van der Waals surface area (Å²) in [7, 11) is 0. The van der Waals surface area contributed by atoms with Crippen LogP contribution in [0.4, 0.5) is 5.69 Å². The molecule has 4 aromatic rings. The molecule has 4 rings (SSSR count). The molecule has 1 aromatic heterocycles. The first-order chi connectivity index (χ1) is 17.5. The SMILES string of the molecule is CCN(CC)c1ccc(C=NNC(=O)CSc2nc3ccccc3c(=O)n2-c2ccccc2)c(O)c1. The number of nitrogens with one attached hydrogen (secondary N) is 1. The van der Waals surface area contributed by atoms with Crippen LogP contribution in [0.2, 0.25) is 0 Å². The second-order valence-corrected chi connectivity index (χ2v) is 8.83. The number of benzene rings is 3. The minimum absolute atomic E-state index is 0.00182. The van der Waals surface area contributed by atoms with Crippen molar-refractivity contribution in [1.29, 1.82) is 0 Å². The van der Waals surface area contributed by atoms with E-state index in [1.54, 1.807) is 30.3 Å². The topological polar surface area (TPSA) is 99.8 Å². The molecule has 1 amide bonds. The number of thioether (sulfide) groups is 1. The Morgan fingerprint density at radius 2 is 1.81 bits per heavy atom. The molecular formula is C27H27N5O3S. The van der Waals surface area contributed by atoms with Crippen molar-refractivity contribution in [2.75, 3.05) is 23.7 Å². The summed E-state index contributed by atoms with van der Waals surface area (Å²) in [4.78, 5) is 32.4. The zero-order chi connectivity index (χ0) is 25.5. The number of aromatic hydroxyl groups is 1. The number of hydrogen-bond acceptors (Lipinski definition) is 7. The molecule has 8 nitrogen and oxygen atoms in total. The van der Waals surface area contributed by atoms with Gasteiger partial charge in [-0.1, -0.05) is 42.1 Å². The normalized spacial score (nSPS) is 11.2. The fourth-order valence-electron chi connectivity index (χ4n) is 3.78. The highest BCUT2D eigenvalue weighted by molar-refractivity contribution is 7.99. The van der Waals surface area contributed by atoms with Crippen molar-refractivity contribution in [3.63, 3.8) is 0 Å². The summed E-state index contributed by atoms with van der Waals surface area (Å²) in [6, 6.07) is 21.7. The summed E-state index contributed by atoms with van der Waals surface area (Å²) in [5.41, 5.74) is 4.93. The maximum absolute atomic E-state index is 13.2. The highest BCUT2D eigenvalue weighted by Gasteiger charge is 2.14. The first-order valence-corrected chi connectivity index (χ1v) is 12.6. The number of hydrogen-bond donors (Lipinski definition) is 2. The number of carbonyl (C=O) groups is 1. The van der Waals surface area contributed by atoms with E-state index in [4.69, 9.17) is 0 Å². The Morgan fingerprint density at radius 3 is 2.53 bits per heavy atom.